The van der Waals surface area contributed by atoms with Crippen molar-refractivity contribution < 1.29 is 30.4 Å². The number of aryl methyl sites for hydroxylation is 3. The SMILES string of the molecule is Cc1cccc(C)c1N1CCCCN2B1N(c1ccccn1)c1[c-]c(Oc3[c-]c(-n4[c-][n+](C)cc4)ccc3)ccc12.[Pt]. The number of hydrogen-bond donors (Lipinski definition) is 0. The quantitative estimate of drug-likeness (QED) is 0.131. The Morgan fingerprint density at radius 2 is 1.62 bits per heavy atom. The fraction of sp³-hybridized carbons (Fsp3) is 0.212. The number of aromatic nitrogens is 3. The normalized spacial score (nSPS) is 14.3. The Balaban J connectivity index is 0.00000316. The average Bonchev–Trinajstić information content (AvgIpc) is 3.48. The fourth-order valence-corrected chi connectivity index (χ4v) is 6.04. The first-order chi connectivity index (χ1) is 20.1. The van der Waals surface area contributed by atoms with Gasteiger partial charge in [-0.1, -0.05) is 41.3 Å². The summed E-state index contributed by atoms with van der Waals surface area (Å²) in [4.78, 5) is 12.2. The number of pyridine rings is 1. The zero-order valence-electron chi connectivity index (χ0n) is 23.9. The van der Waals surface area contributed by atoms with Crippen molar-refractivity contribution in [2.75, 3.05) is 27.5 Å². The van der Waals surface area contributed by atoms with Gasteiger partial charge in [-0.2, -0.15) is 12.1 Å². The van der Waals surface area contributed by atoms with Crippen LogP contribution in [0, 0.1) is 32.3 Å². The molecule has 2 aliphatic heterocycles. The molecule has 0 atom stereocenters. The minimum atomic E-state index is -0.0615. The van der Waals surface area contributed by atoms with E-state index in [1.807, 2.05) is 71.2 Å². The van der Waals surface area contributed by atoms with E-state index in [0.29, 0.717) is 11.5 Å². The molecule has 0 radical (unpaired) electrons. The van der Waals surface area contributed by atoms with Crippen LogP contribution in [0.1, 0.15) is 24.0 Å². The van der Waals surface area contributed by atoms with Crippen molar-refractivity contribution in [2.24, 2.45) is 7.05 Å². The van der Waals surface area contributed by atoms with E-state index in [2.05, 4.69) is 77.1 Å². The van der Waals surface area contributed by atoms with Crippen LogP contribution in [-0.2, 0) is 28.1 Å². The molecule has 7 nitrogen and oxygen atoms in total. The molecule has 0 unspecified atom stereocenters. The second kappa shape index (κ2) is 11.7. The van der Waals surface area contributed by atoms with Crippen LogP contribution in [-0.4, -0.2) is 29.8 Å². The van der Waals surface area contributed by atoms with E-state index in [-0.39, 0.29) is 28.2 Å². The van der Waals surface area contributed by atoms with Crippen LogP contribution in [0.25, 0.3) is 5.69 Å². The van der Waals surface area contributed by atoms with E-state index in [9.17, 15) is 0 Å². The van der Waals surface area contributed by atoms with E-state index in [4.69, 9.17) is 9.72 Å². The fourth-order valence-electron chi connectivity index (χ4n) is 6.04. The van der Waals surface area contributed by atoms with Gasteiger partial charge >= 0.3 is 7.12 Å². The van der Waals surface area contributed by atoms with Gasteiger partial charge in [0.25, 0.3) is 0 Å². The predicted molar refractivity (Wildman–Crippen MR) is 162 cm³/mol. The number of fused-ring (bicyclic) bond motifs is 3. The second-order valence-electron chi connectivity index (χ2n) is 10.7. The molecule has 42 heavy (non-hydrogen) atoms. The Kier molecular flexibility index (Phi) is 7.82. The second-order valence-corrected chi connectivity index (χ2v) is 10.7. The molecule has 1 fully saturated rings. The van der Waals surface area contributed by atoms with Crippen molar-refractivity contribution in [3.05, 3.63) is 115 Å². The molecule has 0 spiro atoms. The van der Waals surface area contributed by atoms with Crippen molar-refractivity contribution in [3.63, 3.8) is 0 Å². The van der Waals surface area contributed by atoms with Crippen LogP contribution >= 0.6 is 0 Å². The first-order valence-electron chi connectivity index (χ1n) is 14.1. The molecule has 2 aromatic heterocycles. The van der Waals surface area contributed by atoms with Gasteiger partial charge in [0, 0.05) is 63.4 Å². The summed E-state index contributed by atoms with van der Waals surface area (Å²) in [6.45, 7) is 6.33. The number of ether oxygens (including phenoxy) is 1. The Labute approximate surface area is 262 Å². The molecule has 3 aromatic carbocycles. The first-order valence-corrected chi connectivity index (χ1v) is 14.1. The van der Waals surface area contributed by atoms with Crippen molar-refractivity contribution >= 4 is 30.0 Å². The zero-order valence-corrected chi connectivity index (χ0v) is 26.2. The van der Waals surface area contributed by atoms with Gasteiger partial charge in [0.05, 0.1) is 7.05 Å². The van der Waals surface area contributed by atoms with E-state index >= 15 is 0 Å². The molecule has 0 amide bonds. The van der Waals surface area contributed by atoms with Crippen molar-refractivity contribution in [1.82, 2.24) is 9.55 Å². The maximum Gasteiger partial charge on any atom is 0.497 e. The van der Waals surface area contributed by atoms with Gasteiger partial charge in [-0.25, -0.2) is 4.98 Å². The maximum atomic E-state index is 6.36. The summed E-state index contributed by atoms with van der Waals surface area (Å²) in [5, 5.41) is 0. The summed E-state index contributed by atoms with van der Waals surface area (Å²) in [6, 6.07) is 29.7. The number of rotatable bonds is 5. The van der Waals surface area contributed by atoms with Gasteiger partial charge < -0.3 is 28.3 Å². The average molecular weight is 734 g/mol. The van der Waals surface area contributed by atoms with Gasteiger partial charge in [-0.15, -0.1) is 30.3 Å². The monoisotopic (exact) mass is 733 g/mol. The predicted octanol–water partition coefficient (Wildman–Crippen LogP) is 5.75. The van der Waals surface area contributed by atoms with Gasteiger partial charge in [-0.05, 0) is 56.5 Å². The molecule has 2 aliphatic rings. The summed E-state index contributed by atoms with van der Waals surface area (Å²) in [5.74, 6) is 2.14. The van der Waals surface area contributed by atoms with Gasteiger partial charge in [0.2, 0.25) is 6.33 Å². The van der Waals surface area contributed by atoms with E-state index in [1.165, 1.54) is 16.8 Å². The Bertz CT molecular complexity index is 1690. The molecule has 9 heteroatoms. The van der Waals surface area contributed by atoms with Crippen LogP contribution < -0.4 is 23.7 Å². The number of imidazole rings is 1. The molecule has 0 bridgehead atoms. The Hall–Kier alpha value is -4.03. The summed E-state index contributed by atoms with van der Waals surface area (Å²) >= 11 is 0. The molecule has 4 heterocycles. The van der Waals surface area contributed by atoms with Gasteiger partial charge in [0.1, 0.15) is 5.82 Å². The Morgan fingerprint density at radius 1 is 0.857 bits per heavy atom. The molecule has 7 rings (SSSR count). The van der Waals surface area contributed by atoms with Crippen molar-refractivity contribution in [2.45, 2.75) is 26.7 Å². The number of anilines is 4. The van der Waals surface area contributed by atoms with Gasteiger partial charge in [0.15, 0.2) is 0 Å². The minimum Gasteiger partial charge on any atom is -0.510 e. The summed E-state index contributed by atoms with van der Waals surface area (Å²) in [5.41, 5.74) is 6.80. The molecule has 5 aromatic rings. The topological polar surface area (TPSA) is 40.6 Å². The summed E-state index contributed by atoms with van der Waals surface area (Å²) in [6.07, 6.45) is 11.2. The number of nitrogens with zero attached hydrogens (tertiary/aromatic N) is 6. The molecule has 214 valence electrons. The number of benzene rings is 3. The van der Waals surface area contributed by atoms with Crippen LogP contribution in [0.3, 0.4) is 0 Å². The molecular weight excluding hydrogens is 702 g/mol. The Morgan fingerprint density at radius 3 is 2.36 bits per heavy atom. The molecule has 0 saturated carbocycles. The first kappa shape index (κ1) is 28.1. The van der Waals surface area contributed by atoms with Crippen LogP contribution in [0.4, 0.5) is 22.9 Å². The third kappa shape index (κ3) is 5.09. The molecular formula is C33H31BN6OPt-2. The molecule has 0 aliphatic carbocycles. The minimum absolute atomic E-state index is 0. The molecule has 0 N–H and O–H groups in total. The van der Waals surface area contributed by atoms with E-state index in [1.54, 1.807) is 0 Å². The summed E-state index contributed by atoms with van der Waals surface area (Å²) < 4.78 is 10.1. The third-order valence-corrected chi connectivity index (χ3v) is 7.82. The number of hydrogen-bond acceptors (Lipinski definition) is 5. The van der Waals surface area contributed by atoms with Crippen molar-refractivity contribution in [1.29, 1.82) is 0 Å². The van der Waals surface area contributed by atoms with Gasteiger partial charge in [-0.3, -0.25) is 0 Å². The smallest absolute Gasteiger partial charge is 0.497 e. The molecule has 1 saturated heterocycles. The van der Waals surface area contributed by atoms with E-state index < -0.39 is 0 Å². The number of para-hydroxylation sites is 1. The van der Waals surface area contributed by atoms with E-state index in [0.717, 1.165) is 48.8 Å². The van der Waals surface area contributed by atoms with Crippen LogP contribution in [0.15, 0.2) is 85.3 Å². The largest absolute Gasteiger partial charge is 0.510 e. The summed E-state index contributed by atoms with van der Waals surface area (Å²) in [7, 11) is 1.88. The maximum absolute atomic E-state index is 6.36. The zero-order chi connectivity index (χ0) is 27.9. The van der Waals surface area contributed by atoms with Crippen molar-refractivity contribution in [3.8, 4) is 17.2 Å². The van der Waals surface area contributed by atoms with Crippen LogP contribution in [0.5, 0.6) is 11.5 Å². The third-order valence-electron chi connectivity index (χ3n) is 7.82. The standard InChI is InChI=1S/C33H31BN6O.Pt/c1-25-10-8-11-26(2)33(25)39-19-7-6-18-38-30-16-15-29(23-31(30)40(34(38)39)32-14-4-5-17-35-32)41-28-13-9-12-27(22-28)37-21-20-36(3)24-37;/h4-5,8-17,20-21H,6-7,18-19H2,1-3H3;/q-2;. The van der Waals surface area contributed by atoms with Crippen LogP contribution in [0.2, 0.25) is 0 Å².